The van der Waals surface area contributed by atoms with E-state index in [0.717, 1.165) is 24.5 Å². The third-order valence-corrected chi connectivity index (χ3v) is 6.10. The number of nitrogens with one attached hydrogen (secondary N) is 1. The van der Waals surface area contributed by atoms with Crippen LogP contribution in [0.2, 0.25) is 0 Å². The molecule has 1 unspecified atom stereocenters. The van der Waals surface area contributed by atoms with Gasteiger partial charge >= 0.3 is 23.5 Å². The standard InChI is InChI=1S/C18H17N5O11S2/c1-35(30,31)6-5-11(17(26)27)20-14-13(23(28)29)15(22-18(21-14)36(2,32)33)34-12-7-9(8-19)3-4-10(12)16(24)25/h3-4,7,11H,5-6H2,1-2H3,(H,24,25)(H,26,27)(H,20,21,22). The molecule has 3 N–H and O–H groups in total. The Bertz CT molecular complexity index is 1500. The molecule has 0 fully saturated rings. The summed E-state index contributed by atoms with van der Waals surface area (Å²) in [6.07, 6.45) is 0.897. The first-order valence-corrected chi connectivity index (χ1v) is 13.4. The van der Waals surface area contributed by atoms with E-state index in [9.17, 15) is 46.8 Å². The molecule has 0 radical (unpaired) electrons. The molecular weight excluding hydrogens is 526 g/mol. The average molecular weight is 543 g/mol. The van der Waals surface area contributed by atoms with Gasteiger partial charge in [-0.05, 0) is 24.6 Å². The second-order valence-corrected chi connectivity index (χ2v) is 11.4. The molecule has 192 valence electrons. The van der Waals surface area contributed by atoms with Crippen LogP contribution in [-0.2, 0) is 24.5 Å². The second-order valence-electron chi connectivity index (χ2n) is 7.22. The van der Waals surface area contributed by atoms with E-state index in [4.69, 9.17) is 10.00 Å². The van der Waals surface area contributed by atoms with Crippen molar-refractivity contribution in [1.82, 2.24) is 9.97 Å². The number of hydrogen-bond donors (Lipinski definition) is 3. The number of anilines is 1. The lowest BCUT2D eigenvalue weighted by atomic mass is 10.1. The highest BCUT2D eigenvalue weighted by atomic mass is 32.2. The maximum absolute atomic E-state index is 12.1. The Morgan fingerprint density at radius 3 is 2.33 bits per heavy atom. The van der Waals surface area contributed by atoms with Crippen LogP contribution in [0.15, 0.2) is 23.4 Å². The lowest BCUT2D eigenvalue weighted by Crippen LogP contribution is -2.32. The topological polar surface area (TPSA) is 257 Å². The molecule has 1 aromatic carbocycles. The van der Waals surface area contributed by atoms with Gasteiger partial charge in [-0.15, -0.1) is 0 Å². The molecule has 1 heterocycles. The minimum Gasteiger partial charge on any atom is -0.480 e. The molecule has 0 aliphatic rings. The zero-order chi connectivity index (χ0) is 27.4. The van der Waals surface area contributed by atoms with Gasteiger partial charge in [-0.1, -0.05) is 0 Å². The van der Waals surface area contributed by atoms with Crippen LogP contribution in [-0.4, -0.2) is 78.2 Å². The molecular formula is C18H17N5O11S2. The predicted molar refractivity (Wildman–Crippen MR) is 119 cm³/mol. The molecule has 1 atom stereocenters. The van der Waals surface area contributed by atoms with Gasteiger partial charge in [0.1, 0.15) is 27.2 Å². The second kappa shape index (κ2) is 10.5. The number of carboxylic acid groups (broad SMARTS) is 2. The van der Waals surface area contributed by atoms with Gasteiger partial charge in [0.05, 0.1) is 22.3 Å². The van der Waals surface area contributed by atoms with Crippen LogP contribution in [0.3, 0.4) is 0 Å². The summed E-state index contributed by atoms with van der Waals surface area (Å²) in [4.78, 5) is 40.9. The first-order valence-electron chi connectivity index (χ1n) is 9.42. The van der Waals surface area contributed by atoms with E-state index in [1.165, 1.54) is 0 Å². The van der Waals surface area contributed by atoms with Crippen molar-refractivity contribution >= 4 is 43.1 Å². The van der Waals surface area contributed by atoms with Crippen LogP contribution in [0.25, 0.3) is 0 Å². The number of nitriles is 1. The fraction of sp³-hybridized carbons (Fsp3) is 0.278. The number of hydrogen-bond acceptors (Lipinski definition) is 13. The highest BCUT2D eigenvalue weighted by Crippen LogP contribution is 2.37. The summed E-state index contributed by atoms with van der Waals surface area (Å²) in [5.74, 6) is -6.46. The van der Waals surface area contributed by atoms with Gasteiger partial charge in [0.25, 0.3) is 5.16 Å². The largest absolute Gasteiger partial charge is 0.480 e. The van der Waals surface area contributed by atoms with Crippen LogP contribution in [0, 0.1) is 21.4 Å². The van der Waals surface area contributed by atoms with Crippen LogP contribution < -0.4 is 10.1 Å². The monoisotopic (exact) mass is 543 g/mol. The van der Waals surface area contributed by atoms with Crippen molar-refractivity contribution in [3.8, 4) is 17.7 Å². The molecule has 0 aliphatic carbocycles. The summed E-state index contributed by atoms with van der Waals surface area (Å²) in [5, 5.41) is 40.8. The van der Waals surface area contributed by atoms with Gasteiger partial charge in [0.2, 0.25) is 15.7 Å². The number of nitrogens with zero attached hydrogens (tertiary/aromatic N) is 4. The molecule has 0 saturated carbocycles. The summed E-state index contributed by atoms with van der Waals surface area (Å²) < 4.78 is 52.4. The molecule has 0 saturated heterocycles. The number of ether oxygens (including phenoxy) is 1. The first kappa shape index (κ1) is 27.9. The molecule has 36 heavy (non-hydrogen) atoms. The van der Waals surface area contributed by atoms with Crippen LogP contribution in [0.5, 0.6) is 11.6 Å². The molecule has 1 aromatic heterocycles. The zero-order valence-corrected chi connectivity index (χ0v) is 20.0. The first-order chi connectivity index (χ1) is 16.5. The summed E-state index contributed by atoms with van der Waals surface area (Å²) in [6.45, 7) is 0. The van der Waals surface area contributed by atoms with Crippen molar-refractivity contribution < 1.29 is 46.3 Å². The maximum atomic E-state index is 12.1. The van der Waals surface area contributed by atoms with Crippen molar-refractivity contribution in [3.63, 3.8) is 0 Å². The minimum atomic E-state index is -4.29. The minimum absolute atomic E-state index is 0.111. The molecule has 2 rings (SSSR count). The Labute approximate surface area is 203 Å². The van der Waals surface area contributed by atoms with Crippen molar-refractivity contribution in [1.29, 1.82) is 5.26 Å². The van der Waals surface area contributed by atoms with Gasteiger partial charge in [-0.25, -0.2) is 26.4 Å². The van der Waals surface area contributed by atoms with Gasteiger partial charge in [0, 0.05) is 12.5 Å². The maximum Gasteiger partial charge on any atom is 0.373 e. The predicted octanol–water partition coefficient (Wildman–Crippen LogP) is 0.450. The van der Waals surface area contributed by atoms with Gasteiger partial charge < -0.3 is 20.3 Å². The van der Waals surface area contributed by atoms with E-state index in [1.54, 1.807) is 6.07 Å². The number of aliphatic carboxylic acids is 1. The Morgan fingerprint density at radius 2 is 1.86 bits per heavy atom. The van der Waals surface area contributed by atoms with Gasteiger partial charge in [-0.2, -0.15) is 15.2 Å². The van der Waals surface area contributed by atoms with Crippen LogP contribution in [0.4, 0.5) is 11.5 Å². The van der Waals surface area contributed by atoms with E-state index in [-0.39, 0.29) is 5.56 Å². The SMILES string of the molecule is CS(=O)(=O)CCC(Nc1nc(S(C)(=O)=O)nc(Oc2cc(C#N)ccc2C(=O)O)c1[N+](=O)[O-])C(=O)O. The third kappa shape index (κ3) is 7.07. The van der Waals surface area contributed by atoms with Gasteiger partial charge in [-0.3, -0.25) is 10.1 Å². The fourth-order valence-corrected chi connectivity index (χ4v) is 3.80. The molecule has 0 bridgehead atoms. The smallest absolute Gasteiger partial charge is 0.373 e. The normalized spacial score (nSPS) is 12.2. The number of carboxylic acids is 2. The Kier molecular flexibility index (Phi) is 8.12. The van der Waals surface area contributed by atoms with E-state index in [0.29, 0.717) is 6.26 Å². The van der Waals surface area contributed by atoms with Crippen molar-refractivity contribution in [2.75, 3.05) is 23.6 Å². The number of rotatable bonds is 11. The van der Waals surface area contributed by atoms with E-state index in [1.807, 2.05) is 0 Å². The quantitative estimate of drug-likeness (QED) is 0.197. The average Bonchev–Trinajstić information content (AvgIpc) is 2.74. The fourth-order valence-electron chi connectivity index (χ4n) is 2.63. The third-order valence-electron chi connectivity index (χ3n) is 4.28. The van der Waals surface area contributed by atoms with Crippen molar-refractivity contribution in [2.45, 2.75) is 17.6 Å². The number of benzene rings is 1. The number of aromatic carboxylic acids is 1. The molecule has 18 heteroatoms. The Balaban J connectivity index is 2.76. The molecule has 2 aromatic rings. The summed E-state index contributed by atoms with van der Waals surface area (Å²) in [5.41, 5.74) is -1.85. The highest BCUT2D eigenvalue weighted by Gasteiger charge is 2.33. The number of carbonyl (C=O) groups is 2. The van der Waals surface area contributed by atoms with Crippen LogP contribution >= 0.6 is 0 Å². The van der Waals surface area contributed by atoms with E-state index in [2.05, 4.69) is 15.3 Å². The van der Waals surface area contributed by atoms with Crippen molar-refractivity contribution in [3.05, 3.63) is 39.4 Å². The summed E-state index contributed by atoms with van der Waals surface area (Å²) in [7, 11) is -7.93. The number of nitro groups is 1. The Hall–Kier alpha value is -4.37. The molecule has 0 aliphatic heterocycles. The summed E-state index contributed by atoms with van der Waals surface area (Å²) >= 11 is 0. The van der Waals surface area contributed by atoms with Crippen molar-refractivity contribution in [2.24, 2.45) is 0 Å². The number of sulfone groups is 2. The van der Waals surface area contributed by atoms with Crippen LogP contribution in [0.1, 0.15) is 22.3 Å². The highest BCUT2D eigenvalue weighted by molar-refractivity contribution is 7.90. The lowest BCUT2D eigenvalue weighted by Gasteiger charge is -2.16. The van der Waals surface area contributed by atoms with E-state index >= 15 is 0 Å². The summed E-state index contributed by atoms with van der Waals surface area (Å²) in [6, 6.07) is 2.93. The van der Waals surface area contributed by atoms with E-state index < -0.39 is 88.6 Å². The lowest BCUT2D eigenvalue weighted by molar-refractivity contribution is -0.385. The Morgan fingerprint density at radius 1 is 1.22 bits per heavy atom. The zero-order valence-electron chi connectivity index (χ0n) is 18.4. The van der Waals surface area contributed by atoms with Gasteiger partial charge in [0.15, 0.2) is 0 Å². The number of aromatic nitrogens is 2. The molecule has 0 spiro atoms. The molecule has 16 nitrogen and oxygen atoms in total. The molecule has 0 amide bonds.